The second-order valence-corrected chi connectivity index (χ2v) is 31.1. The van der Waals surface area contributed by atoms with Crippen molar-refractivity contribution in [3.63, 3.8) is 0 Å². The molecule has 0 aliphatic heterocycles. The van der Waals surface area contributed by atoms with Crippen molar-refractivity contribution in [2.45, 2.75) is 419 Å². The van der Waals surface area contributed by atoms with Gasteiger partial charge in [-0.3, -0.25) is 37.3 Å². The van der Waals surface area contributed by atoms with E-state index in [1.54, 1.807) is 0 Å². The predicted octanol–water partition coefficient (Wildman–Crippen LogP) is 22.7. The van der Waals surface area contributed by atoms with Crippen LogP contribution in [-0.2, 0) is 65.4 Å². The van der Waals surface area contributed by atoms with Crippen molar-refractivity contribution in [3.05, 3.63) is 0 Å². The zero-order valence-corrected chi connectivity index (χ0v) is 64.5. The molecule has 0 aromatic carbocycles. The summed E-state index contributed by atoms with van der Waals surface area (Å²) >= 11 is 0. The van der Waals surface area contributed by atoms with E-state index in [1.807, 2.05) is 0 Å². The van der Waals surface area contributed by atoms with Crippen molar-refractivity contribution in [1.29, 1.82) is 0 Å². The van der Waals surface area contributed by atoms with Crippen LogP contribution in [0.4, 0.5) is 0 Å². The van der Waals surface area contributed by atoms with Crippen LogP contribution >= 0.6 is 15.6 Å². The van der Waals surface area contributed by atoms with Crippen molar-refractivity contribution in [1.82, 2.24) is 0 Å². The van der Waals surface area contributed by atoms with Gasteiger partial charge >= 0.3 is 39.5 Å². The average molecular weight is 1410 g/mol. The number of phosphoric ester groups is 2. The molecule has 0 bridgehead atoms. The third-order valence-corrected chi connectivity index (χ3v) is 20.6. The maximum atomic E-state index is 13.1. The Labute approximate surface area is 588 Å². The molecule has 17 nitrogen and oxygen atoms in total. The summed E-state index contributed by atoms with van der Waals surface area (Å²) in [7, 11) is -9.91. The predicted molar refractivity (Wildman–Crippen MR) is 391 cm³/mol. The molecule has 7 atom stereocenters. The van der Waals surface area contributed by atoms with Gasteiger partial charge in [0.05, 0.1) is 26.4 Å². The topological polar surface area (TPSA) is 237 Å². The molecule has 0 amide bonds. The zero-order valence-electron chi connectivity index (χ0n) is 62.7. The molecule has 19 heteroatoms. The van der Waals surface area contributed by atoms with Crippen LogP contribution in [0.1, 0.15) is 401 Å². The lowest BCUT2D eigenvalue weighted by Gasteiger charge is -2.21. The molecule has 0 aliphatic rings. The van der Waals surface area contributed by atoms with Gasteiger partial charge in [0.25, 0.3) is 0 Å². The normalized spacial score (nSPS) is 14.6. The van der Waals surface area contributed by atoms with Crippen molar-refractivity contribution >= 4 is 39.5 Å². The molecule has 0 saturated heterocycles. The number of carbonyl (C=O) groups is 4. The second kappa shape index (κ2) is 68.8. The number of hydrogen-bond donors (Lipinski definition) is 3. The molecule has 0 fully saturated rings. The molecule has 96 heavy (non-hydrogen) atoms. The molecule has 0 spiro atoms. The highest BCUT2D eigenvalue weighted by atomic mass is 31.2. The first-order chi connectivity index (χ1) is 46.4. The number of hydrogen-bond acceptors (Lipinski definition) is 15. The molecule has 4 unspecified atom stereocenters. The highest BCUT2D eigenvalue weighted by Gasteiger charge is 2.30. The Morgan fingerprint density at radius 1 is 0.292 bits per heavy atom. The third-order valence-electron chi connectivity index (χ3n) is 18.7. The smallest absolute Gasteiger partial charge is 0.462 e. The summed E-state index contributed by atoms with van der Waals surface area (Å²) in [6.45, 7) is 9.59. The maximum Gasteiger partial charge on any atom is 0.472 e. The minimum absolute atomic E-state index is 0.103. The molecule has 3 N–H and O–H groups in total. The minimum Gasteiger partial charge on any atom is -0.462 e. The molecule has 0 aromatic heterocycles. The number of carbonyl (C=O) groups excluding carboxylic acids is 4. The highest BCUT2D eigenvalue weighted by molar-refractivity contribution is 7.47. The number of unbranched alkanes of at least 4 members (excludes halogenated alkanes) is 44. The summed E-state index contributed by atoms with van der Waals surface area (Å²) in [6, 6.07) is 0. The van der Waals surface area contributed by atoms with Crippen LogP contribution in [0.3, 0.4) is 0 Å². The van der Waals surface area contributed by atoms with Gasteiger partial charge in [-0.05, 0) is 37.5 Å². The SMILES string of the molecule is CCCCCCCCCCCCCCCCCCC(=O)OC[C@H](COP(=O)(O)OC[C@@H](O)COP(=O)(O)OC[C@@H](COC(=O)CCCCCCCCCC)OC(=O)CCCCCCCCC(C)CC)OC(=O)CCCCCCCCCCCCCCCCCCCCC(C)CC. The first-order valence-corrected chi connectivity index (χ1v) is 43.1. The van der Waals surface area contributed by atoms with Gasteiger partial charge in [0.15, 0.2) is 12.2 Å². The molecule has 570 valence electrons. The van der Waals surface area contributed by atoms with Gasteiger partial charge in [-0.2, -0.15) is 0 Å². The van der Waals surface area contributed by atoms with Gasteiger partial charge < -0.3 is 33.8 Å². The summed E-state index contributed by atoms with van der Waals surface area (Å²) < 4.78 is 68.4. The van der Waals surface area contributed by atoms with Crippen LogP contribution in [0.15, 0.2) is 0 Å². The van der Waals surface area contributed by atoms with Gasteiger partial charge in [0.1, 0.15) is 19.3 Å². The van der Waals surface area contributed by atoms with Crippen LogP contribution in [0.5, 0.6) is 0 Å². The minimum atomic E-state index is -4.96. The van der Waals surface area contributed by atoms with Crippen LogP contribution < -0.4 is 0 Å². The number of ether oxygens (including phenoxy) is 4. The number of esters is 4. The lowest BCUT2D eigenvalue weighted by Crippen LogP contribution is -2.30. The van der Waals surface area contributed by atoms with Gasteiger partial charge in [0.2, 0.25) is 0 Å². The van der Waals surface area contributed by atoms with E-state index in [0.717, 1.165) is 108 Å². The van der Waals surface area contributed by atoms with Gasteiger partial charge in [-0.1, -0.05) is 350 Å². The van der Waals surface area contributed by atoms with Gasteiger partial charge in [0, 0.05) is 25.7 Å². The summed E-state index contributed by atoms with van der Waals surface area (Å²) in [5, 5.41) is 10.6. The Hall–Kier alpha value is -1.94. The van der Waals surface area contributed by atoms with Crippen molar-refractivity contribution in [2.24, 2.45) is 11.8 Å². The molecule has 0 heterocycles. The van der Waals surface area contributed by atoms with Gasteiger partial charge in [-0.15, -0.1) is 0 Å². The number of phosphoric acid groups is 2. The summed E-state index contributed by atoms with van der Waals surface area (Å²) in [5.74, 6) is -0.529. The maximum absolute atomic E-state index is 13.1. The first kappa shape index (κ1) is 94.1. The Bertz CT molecular complexity index is 1860. The molecule has 0 rings (SSSR count). The number of aliphatic hydroxyl groups excluding tert-OH is 1. The van der Waals surface area contributed by atoms with Crippen LogP contribution in [0.2, 0.25) is 0 Å². The molecular formula is C77H150O17P2. The highest BCUT2D eigenvalue weighted by Crippen LogP contribution is 2.45. The molecular weight excluding hydrogens is 1260 g/mol. The average Bonchev–Trinajstić information content (AvgIpc) is 1.17. The van der Waals surface area contributed by atoms with E-state index in [4.69, 9.17) is 37.0 Å². The van der Waals surface area contributed by atoms with Crippen molar-refractivity contribution in [2.75, 3.05) is 39.6 Å². The van der Waals surface area contributed by atoms with E-state index in [-0.39, 0.29) is 25.7 Å². The molecule has 0 aromatic rings. The van der Waals surface area contributed by atoms with Crippen LogP contribution in [0.25, 0.3) is 0 Å². The summed E-state index contributed by atoms with van der Waals surface area (Å²) in [5.41, 5.74) is 0. The van der Waals surface area contributed by atoms with Crippen molar-refractivity contribution < 1.29 is 80.2 Å². The van der Waals surface area contributed by atoms with Gasteiger partial charge in [-0.25, -0.2) is 9.13 Å². The van der Waals surface area contributed by atoms with E-state index in [0.29, 0.717) is 25.7 Å². The lowest BCUT2D eigenvalue weighted by molar-refractivity contribution is -0.161. The summed E-state index contributed by atoms with van der Waals surface area (Å²) in [6.07, 6.45) is 57.1. The fourth-order valence-electron chi connectivity index (χ4n) is 11.8. The van der Waals surface area contributed by atoms with E-state index in [2.05, 4.69) is 41.5 Å². The Morgan fingerprint density at radius 3 is 0.740 bits per heavy atom. The van der Waals surface area contributed by atoms with E-state index < -0.39 is 97.5 Å². The number of rotatable bonds is 76. The van der Waals surface area contributed by atoms with E-state index >= 15 is 0 Å². The van der Waals surface area contributed by atoms with Crippen LogP contribution in [-0.4, -0.2) is 96.7 Å². The lowest BCUT2D eigenvalue weighted by atomic mass is 9.99. The molecule has 0 radical (unpaired) electrons. The zero-order chi connectivity index (χ0) is 70.7. The molecule has 0 aliphatic carbocycles. The van der Waals surface area contributed by atoms with E-state index in [9.17, 15) is 43.2 Å². The van der Waals surface area contributed by atoms with E-state index in [1.165, 1.54) is 212 Å². The molecule has 0 saturated carbocycles. The standard InChI is InChI=1S/C77H150O17P2/c1-7-11-13-15-17-19-20-21-22-28-31-34-37-41-48-54-60-75(80)88-65-72(93-76(81)61-55-49-42-38-35-32-29-26-24-23-25-27-30-33-36-39-45-51-57-69(5)9-3)67-91-95(83,84)89-63-71(78)64-90-96(85,86)92-68-73(66-87-74(79)59-53-47-40-18-16-14-12-8-2)94-77(82)62-56-50-44-43-46-52-58-70(6)10-4/h69-73,78H,7-68H2,1-6H3,(H,83,84)(H,85,86)/t69?,70?,71-,72-,73-/m1/s1. The Balaban J connectivity index is 5.17. The second-order valence-electron chi connectivity index (χ2n) is 28.2. The fourth-order valence-corrected chi connectivity index (χ4v) is 13.3. The fraction of sp³-hybridized carbons (Fsp3) is 0.948. The first-order valence-electron chi connectivity index (χ1n) is 40.1. The Kier molecular flexibility index (Phi) is 67.4. The summed E-state index contributed by atoms with van der Waals surface area (Å²) in [4.78, 5) is 72.7. The monoisotopic (exact) mass is 1410 g/mol. The van der Waals surface area contributed by atoms with Crippen LogP contribution in [0, 0.1) is 11.8 Å². The quantitative estimate of drug-likeness (QED) is 0.0222. The number of aliphatic hydroxyl groups is 1. The largest absolute Gasteiger partial charge is 0.472 e. The third kappa shape index (κ3) is 67.9. The van der Waals surface area contributed by atoms with Crippen molar-refractivity contribution in [3.8, 4) is 0 Å². The Morgan fingerprint density at radius 2 is 0.500 bits per heavy atom.